The molecule has 0 saturated carbocycles. The Balaban J connectivity index is 1.60. The summed E-state index contributed by atoms with van der Waals surface area (Å²) in [4.78, 5) is 12.2. The van der Waals surface area contributed by atoms with Gasteiger partial charge >= 0.3 is 0 Å². The number of fused-ring (bicyclic) bond motifs is 1. The fraction of sp³-hybridized carbons (Fsp3) is 0.464. The second-order valence-electron chi connectivity index (χ2n) is 10.1. The molecule has 1 amide bonds. The van der Waals surface area contributed by atoms with Gasteiger partial charge < -0.3 is 30.2 Å². The van der Waals surface area contributed by atoms with Crippen molar-refractivity contribution in [2.75, 3.05) is 19.8 Å². The third kappa shape index (κ3) is 7.47. The minimum atomic E-state index is -0.443. The van der Waals surface area contributed by atoms with Gasteiger partial charge in [-0.1, -0.05) is 6.07 Å². The van der Waals surface area contributed by atoms with E-state index in [1.807, 2.05) is 68.8 Å². The highest BCUT2D eigenvalue weighted by atomic mass is 16.5. The molecule has 3 aromatic rings. The van der Waals surface area contributed by atoms with E-state index in [1.54, 1.807) is 0 Å². The van der Waals surface area contributed by atoms with Gasteiger partial charge in [0, 0.05) is 37.3 Å². The number of carbonyl (C=O) groups excluding carboxylic acids is 1. The maximum Gasteiger partial charge on any atom is 0.250 e. The number of rotatable bonds is 12. The molecular formula is C28H39N3O4. The largest absolute Gasteiger partial charge is 0.488 e. The first-order valence-electron chi connectivity index (χ1n) is 12.3. The number of aliphatic hydroxyl groups is 1. The lowest BCUT2D eigenvalue weighted by atomic mass is 10.0. The lowest BCUT2D eigenvalue weighted by molar-refractivity contribution is 0.100. The molecule has 35 heavy (non-hydrogen) atoms. The van der Waals surface area contributed by atoms with Crippen LogP contribution in [0.15, 0.2) is 42.6 Å². The molecule has 7 heteroatoms. The summed E-state index contributed by atoms with van der Waals surface area (Å²) in [7, 11) is 0. The molecule has 190 valence electrons. The van der Waals surface area contributed by atoms with Crippen molar-refractivity contribution < 1.29 is 19.4 Å². The van der Waals surface area contributed by atoms with Crippen LogP contribution in [-0.4, -0.2) is 47.0 Å². The Hall–Kier alpha value is -3.03. The van der Waals surface area contributed by atoms with Gasteiger partial charge in [-0.2, -0.15) is 0 Å². The molecule has 0 fully saturated rings. The van der Waals surface area contributed by atoms with Crippen LogP contribution in [0.2, 0.25) is 0 Å². The maximum atomic E-state index is 12.2. The zero-order chi connectivity index (χ0) is 25.6. The highest BCUT2D eigenvalue weighted by molar-refractivity contribution is 6.05. The molecule has 0 spiro atoms. The Kier molecular flexibility index (Phi) is 8.81. The monoisotopic (exact) mass is 481 g/mol. The Labute approximate surface area is 208 Å². The number of nitrogens with zero attached hydrogens (tertiary/aromatic N) is 1. The second-order valence-corrected chi connectivity index (χ2v) is 10.1. The number of nitrogens with two attached hydrogens (primary N) is 1. The van der Waals surface area contributed by atoms with Crippen molar-refractivity contribution in [3.05, 3.63) is 59.3 Å². The van der Waals surface area contributed by atoms with E-state index in [4.69, 9.17) is 20.3 Å². The van der Waals surface area contributed by atoms with Crippen LogP contribution in [0.1, 0.15) is 55.6 Å². The number of aliphatic hydroxyl groups excluding tert-OH is 1. The molecule has 0 aliphatic rings. The number of nitrogens with one attached hydrogen (secondary N) is 1. The minimum absolute atomic E-state index is 0.103. The Morgan fingerprint density at radius 3 is 2.63 bits per heavy atom. The Bertz CT molecular complexity index is 1150. The van der Waals surface area contributed by atoms with Crippen LogP contribution in [0.3, 0.4) is 0 Å². The van der Waals surface area contributed by atoms with E-state index in [-0.39, 0.29) is 18.2 Å². The Morgan fingerprint density at radius 2 is 1.94 bits per heavy atom. The van der Waals surface area contributed by atoms with Crippen molar-refractivity contribution in [1.29, 1.82) is 0 Å². The van der Waals surface area contributed by atoms with Gasteiger partial charge in [0.15, 0.2) is 11.5 Å². The molecule has 4 N–H and O–H groups in total. The van der Waals surface area contributed by atoms with Crippen molar-refractivity contribution in [3.63, 3.8) is 0 Å². The molecule has 0 aliphatic carbocycles. The van der Waals surface area contributed by atoms with Gasteiger partial charge in [-0.05, 0) is 88.9 Å². The number of aromatic nitrogens is 1. The topological polar surface area (TPSA) is 98.7 Å². The molecule has 0 aliphatic heterocycles. The number of ether oxygens (including phenoxy) is 2. The van der Waals surface area contributed by atoms with Crippen LogP contribution >= 0.6 is 0 Å². The van der Waals surface area contributed by atoms with Crippen molar-refractivity contribution >= 4 is 16.8 Å². The first-order chi connectivity index (χ1) is 16.6. The number of carbonyl (C=O) groups is 1. The first-order valence-corrected chi connectivity index (χ1v) is 12.3. The van der Waals surface area contributed by atoms with Crippen molar-refractivity contribution in [2.24, 2.45) is 5.73 Å². The van der Waals surface area contributed by atoms with Crippen LogP contribution in [0.4, 0.5) is 0 Å². The second kappa shape index (κ2) is 11.6. The fourth-order valence-electron chi connectivity index (χ4n) is 4.18. The predicted molar refractivity (Wildman–Crippen MR) is 140 cm³/mol. The van der Waals surface area contributed by atoms with Gasteiger partial charge in [0.1, 0.15) is 12.2 Å². The summed E-state index contributed by atoms with van der Waals surface area (Å²) in [5.74, 6) is 1.05. The SMILES string of the molecule is Cc1ccc(OCCN[C@H](C)Cc2cc(C(N)=O)c3c(ccn3CCCO)c2)c(OC(C)(C)C)c1. The van der Waals surface area contributed by atoms with Crippen LogP contribution in [0.5, 0.6) is 11.5 Å². The number of primary amides is 1. The van der Waals surface area contributed by atoms with Gasteiger partial charge in [-0.15, -0.1) is 0 Å². The first kappa shape index (κ1) is 26.6. The molecule has 1 aromatic heterocycles. The summed E-state index contributed by atoms with van der Waals surface area (Å²) in [6, 6.07) is 12.1. The molecule has 3 rings (SSSR count). The van der Waals surface area contributed by atoms with Crippen LogP contribution < -0.4 is 20.5 Å². The van der Waals surface area contributed by atoms with E-state index in [1.165, 1.54) is 0 Å². The van der Waals surface area contributed by atoms with Crippen molar-refractivity contribution in [1.82, 2.24) is 9.88 Å². The molecule has 2 aromatic carbocycles. The normalized spacial score (nSPS) is 12.6. The highest BCUT2D eigenvalue weighted by Crippen LogP contribution is 2.31. The fourth-order valence-corrected chi connectivity index (χ4v) is 4.18. The number of aryl methyl sites for hydroxylation is 2. The average Bonchev–Trinajstić information content (AvgIpc) is 3.17. The zero-order valence-corrected chi connectivity index (χ0v) is 21.6. The lowest BCUT2D eigenvalue weighted by Crippen LogP contribution is -2.32. The summed E-state index contributed by atoms with van der Waals surface area (Å²) >= 11 is 0. The summed E-state index contributed by atoms with van der Waals surface area (Å²) in [6.07, 6.45) is 3.32. The lowest BCUT2D eigenvalue weighted by Gasteiger charge is -2.23. The number of benzene rings is 2. The van der Waals surface area contributed by atoms with Gasteiger partial charge in [-0.3, -0.25) is 4.79 Å². The van der Waals surface area contributed by atoms with E-state index in [2.05, 4.69) is 18.3 Å². The quantitative estimate of drug-likeness (QED) is 0.337. The maximum absolute atomic E-state index is 12.2. The predicted octanol–water partition coefficient (Wildman–Crippen LogP) is 4.21. The van der Waals surface area contributed by atoms with Gasteiger partial charge in [0.05, 0.1) is 11.1 Å². The van der Waals surface area contributed by atoms with E-state index in [0.717, 1.165) is 39.9 Å². The smallest absolute Gasteiger partial charge is 0.250 e. The van der Waals surface area contributed by atoms with Crippen LogP contribution in [0, 0.1) is 6.92 Å². The van der Waals surface area contributed by atoms with Crippen molar-refractivity contribution in [3.8, 4) is 11.5 Å². The van der Waals surface area contributed by atoms with E-state index in [0.29, 0.717) is 31.7 Å². The molecule has 0 unspecified atom stereocenters. The molecule has 0 saturated heterocycles. The standard InChI is InChI=1S/C28H39N3O4/c1-19-7-8-24(25(15-19)35-28(3,4)5)34-14-10-30-20(2)16-21-17-22-9-12-31(11-6-13-32)26(22)23(18-21)27(29)33/h7-9,12,15,17-18,20,30,32H,6,10-11,13-14,16H2,1-5H3,(H2,29,33)/t20-/m1/s1. The molecule has 0 radical (unpaired) electrons. The third-order valence-corrected chi connectivity index (χ3v) is 5.65. The zero-order valence-electron chi connectivity index (χ0n) is 21.6. The van der Waals surface area contributed by atoms with Gasteiger partial charge in [0.25, 0.3) is 5.91 Å². The van der Waals surface area contributed by atoms with Gasteiger partial charge in [0.2, 0.25) is 0 Å². The number of hydrogen-bond donors (Lipinski definition) is 3. The summed E-state index contributed by atoms with van der Waals surface area (Å²) in [5, 5.41) is 13.6. The average molecular weight is 482 g/mol. The summed E-state index contributed by atoms with van der Waals surface area (Å²) in [5.41, 5.74) is 8.92. The highest BCUT2D eigenvalue weighted by Gasteiger charge is 2.17. The molecule has 1 atom stereocenters. The molecule has 7 nitrogen and oxygen atoms in total. The number of hydrogen-bond acceptors (Lipinski definition) is 5. The Morgan fingerprint density at radius 1 is 1.17 bits per heavy atom. The van der Waals surface area contributed by atoms with E-state index in [9.17, 15) is 4.79 Å². The van der Waals surface area contributed by atoms with Crippen LogP contribution in [0.25, 0.3) is 10.9 Å². The third-order valence-electron chi connectivity index (χ3n) is 5.65. The summed E-state index contributed by atoms with van der Waals surface area (Å²) in [6.45, 7) is 12.1. The summed E-state index contributed by atoms with van der Waals surface area (Å²) < 4.78 is 14.1. The minimum Gasteiger partial charge on any atom is -0.488 e. The number of amides is 1. The van der Waals surface area contributed by atoms with E-state index >= 15 is 0 Å². The van der Waals surface area contributed by atoms with Crippen molar-refractivity contribution in [2.45, 2.75) is 65.6 Å². The van der Waals surface area contributed by atoms with Crippen LogP contribution in [-0.2, 0) is 13.0 Å². The molecule has 0 bridgehead atoms. The molecule has 1 heterocycles. The van der Waals surface area contributed by atoms with Gasteiger partial charge in [-0.25, -0.2) is 0 Å². The molecular weight excluding hydrogens is 442 g/mol. The van der Waals surface area contributed by atoms with E-state index < -0.39 is 5.91 Å².